The van der Waals surface area contributed by atoms with Crippen LogP contribution in [0.15, 0.2) is 48.2 Å². The lowest BCUT2D eigenvalue weighted by Gasteiger charge is -2.16. The van der Waals surface area contributed by atoms with Gasteiger partial charge in [-0.3, -0.25) is 9.89 Å². The molecule has 3 rings (SSSR count). The highest BCUT2D eigenvalue weighted by molar-refractivity contribution is 7.09. The highest BCUT2D eigenvalue weighted by Gasteiger charge is 2.17. The Balaban J connectivity index is 1.84. The van der Waals surface area contributed by atoms with Crippen LogP contribution in [-0.2, 0) is 6.54 Å². The molecule has 1 N–H and O–H groups in total. The SMILES string of the molecule is CN(C(=O)c1cccn1Cc1cccs1)c1cn[nH]c1. The topological polar surface area (TPSA) is 53.9 Å². The van der Waals surface area contributed by atoms with Crippen LogP contribution in [0.5, 0.6) is 0 Å². The first-order chi connectivity index (χ1) is 9.75. The Morgan fingerprint density at radius 2 is 2.35 bits per heavy atom. The van der Waals surface area contributed by atoms with Gasteiger partial charge in [-0.1, -0.05) is 6.07 Å². The van der Waals surface area contributed by atoms with Gasteiger partial charge in [0.15, 0.2) is 0 Å². The summed E-state index contributed by atoms with van der Waals surface area (Å²) in [5.74, 6) is -0.0482. The molecule has 0 saturated heterocycles. The molecule has 0 aliphatic carbocycles. The third kappa shape index (κ3) is 2.37. The zero-order chi connectivity index (χ0) is 13.9. The van der Waals surface area contributed by atoms with Crippen molar-refractivity contribution in [3.63, 3.8) is 0 Å². The van der Waals surface area contributed by atoms with Crippen LogP contribution in [0.3, 0.4) is 0 Å². The summed E-state index contributed by atoms with van der Waals surface area (Å²) in [7, 11) is 1.75. The summed E-state index contributed by atoms with van der Waals surface area (Å²) in [5, 5.41) is 8.62. The number of amides is 1. The molecule has 0 bridgehead atoms. The molecule has 0 unspecified atom stereocenters. The molecule has 1 amide bonds. The van der Waals surface area contributed by atoms with Crippen LogP contribution in [0.25, 0.3) is 0 Å². The van der Waals surface area contributed by atoms with Crippen molar-refractivity contribution in [3.05, 3.63) is 58.8 Å². The molecule has 0 spiro atoms. The van der Waals surface area contributed by atoms with Gasteiger partial charge in [-0.05, 0) is 23.6 Å². The summed E-state index contributed by atoms with van der Waals surface area (Å²) in [4.78, 5) is 15.3. The third-order valence-corrected chi connectivity index (χ3v) is 3.99. The molecule has 0 saturated carbocycles. The molecular formula is C14H14N4OS. The van der Waals surface area contributed by atoms with E-state index in [1.807, 2.05) is 34.3 Å². The summed E-state index contributed by atoms with van der Waals surface area (Å²) in [6, 6.07) is 7.82. The average Bonchev–Trinajstić information content (AvgIpc) is 3.20. The fraction of sp³-hybridized carbons (Fsp3) is 0.143. The Hall–Kier alpha value is -2.34. The maximum absolute atomic E-state index is 12.5. The lowest BCUT2D eigenvalue weighted by molar-refractivity contribution is 0.0984. The van der Waals surface area contributed by atoms with Crippen LogP contribution in [0, 0.1) is 0 Å². The molecule has 0 radical (unpaired) electrons. The van der Waals surface area contributed by atoms with Crippen molar-refractivity contribution in [1.29, 1.82) is 0 Å². The molecular weight excluding hydrogens is 272 g/mol. The maximum Gasteiger partial charge on any atom is 0.274 e. The second-order valence-corrected chi connectivity index (χ2v) is 5.45. The minimum Gasteiger partial charge on any atom is -0.338 e. The first-order valence-corrected chi connectivity index (χ1v) is 7.08. The maximum atomic E-state index is 12.5. The zero-order valence-corrected chi connectivity index (χ0v) is 11.8. The number of hydrogen-bond acceptors (Lipinski definition) is 3. The van der Waals surface area contributed by atoms with E-state index in [4.69, 9.17) is 0 Å². The summed E-state index contributed by atoms with van der Waals surface area (Å²) in [6.07, 6.45) is 5.26. The summed E-state index contributed by atoms with van der Waals surface area (Å²) >= 11 is 1.69. The van der Waals surface area contributed by atoms with E-state index >= 15 is 0 Å². The van der Waals surface area contributed by atoms with E-state index in [2.05, 4.69) is 16.3 Å². The van der Waals surface area contributed by atoms with Gasteiger partial charge in [0.25, 0.3) is 5.91 Å². The highest BCUT2D eigenvalue weighted by Crippen LogP contribution is 2.16. The number of carbonyl (C=O) groups is 1. The number of nitrogens with one attached hydrogen (secondary N) is 1. The molecule has 0 fully saturated rings. The van der Waals surface area contributed by atoms with Crippen LogP contribution in [-0.4, -0.2) is 27.7 Å². The van der Waals surface area contributed by atoms with Gasteiger partial charge in [-0.15, -0.1) is 11.3 Å². The van der Waals surface area contributed by atoms with Gasteiger partial charge in [0, 0.05) is 24.3 Å². The van der Waals surface area contributed by atoms with E-state index in [0.29, 0.717) is 12.2 Å². The second-order valence-electron chi connectivity index (χ2n) is 4.42. The van der Waals surface area contributed by atoms with E-state index in [0.717, 1.165) is 5.69 Å². The molecule has 3 aromatic rings. The summed E-state index contributed by atoms with van der Waals surface area (Å²) < 4.78 is 1.96. The van der Waals surface area contributed by atoms with Crippen molar-refractivity contribution in [2.45, 2.75) is 6.54 Å². The predicted molar refractivity (Wildman–Crippen MR) is 79.2 cm³/mol. The first-order valence-electron chi connectivity index (χ1n) is 6.20. The quantitative estimate of drug-likeness (QED) is 0.801. The average molecular weight is 286 g/mol. The van der Waals surface area contributed by atoms with Crippen LogP contribution >= 0.6 is 11.3 Å². The van der Waals surface area contributed by atoms with Crippen molar-refractivity contribution in [3.8, 4) is 0 Å². The number of aromatic nitrogens is 3. The van der Waals surface area contributed by atoms with Gasteiger partial charge in [0.1, 0.15) is 5.69 Å². The normalized spacial score (nSPS) is 10.7. The van der Waals surface area contributed by atoms with Crippen molar-refractivity contribution < 1.29 is 4.79 Å². The number of thiophene rings is 1. The number of rotatable bonds is 4. The molecule has 5 nitrogen and oxygen atoms in total. The fourth-order valence-electron chi connectivity index (χ4n) is 2.03. The summed E-state index contributed by atoms with van der Waals surface area (Å²) in [5.41, 5.74) is 1.42. The molecule has 3 aromatic heterocycles. The van der Waals surface area contributed by atoms with Crippen LogP contribution in [0.4, 0.5) is 5.69 Å². The first kappa shape index (κ1) is 12.7. The molecule has 0 aliphatic heterocycles. The number of aromatic amines is 1. The molecule has 102 valence electrons. The Kier molecular flexibility index (Phi) is 3.39. The van der Waals surface area contributed by atoms with Crippen LogP contribution < -0.4 is 4.90 Å². The number of carbonyl (C=O) groups excluding carboxylic acids is 1. The van der Waals surface area contributed by atoms with Crippen molar-refractivity contribution in [2.75, 3.05) is 11.9 Å². The van der Waals surface area contributed by atoms with Gasteiger partial charge in [-0.25, -0.2) is 0 Å². The van der Waals surface area contributed by atoms with Crippen molar-refractivity contribution in [1.82, 2.24) is 14.8 Å². The standard InChI is InChI=1S/C14H14N4OS/c1-17(11-8-15-16-9-11)14(19)13-5-2-6-18(13)10-12-4-3-7-20-12/h2-9H,10H2,1H3,(H,15,16). The minimum atomic E-state index is -0.0482. The molecule has 0 aromatic carbocycles. The van der Waals surface area contributed by atoms with Gasteiger partial charge in [0.05, 0.1) is 18.4 Å². The Labute approximate surface area is 120 Å². The van der Waals surface area contributed by atoms with Crippen LogP contribution in [0.2, 0.25) is 0 Å². The Bertz CT molecular complexity index is 685. The minimum absolute atomic E-state index is 0.0482. The summed E-state index contributed by atoms with van der Waals surface area (Å²) in [6.45, 7) is 0.713. The molecule has 3 heterocycles. The Morgan fingerprint density at radius 3 is 3.05 bits per heavy atom. The van der Waals surface area contributed by atoms with Crippen LogP contribution in [0.1, 0.15) is 15.4 Å². The molecule has 6 heteroatoms. The Morgan fingerprint density at radius 1 is 1.45 bits per heavy atom. The smallest absolute Gasteiger partial charge is 0.274 e. The lowest BCUT2D eigenvalue weighted by Crippen LogP contribution is -2.28. The molecule has 0 aliphatic rings. The number of nitrogens with zero attached hydrogens (tertiary/aromatic N) is 3. The lowest BCUT2D eigenvalue weighted by atomic mass is 10.3. The zero-order valence-electron chi connectivity index (χ0n) is 11.0. The van der Waals surface area contributed by atoms with Gasteiger partial charge in [0.2, 0.25) is 0 Å². The predicted octanol–water partition coefficient (Wildman–Crippen LogP) is 2.60. The van der Waals surface area contributed by atoms with Crippen molar-refractivity contribution >= 4 is 22.9 Å². The molecule has 20 heavy (non-hydrogen) atoms. The highest BCUT2D eigenvalue weighted by atomic mass is 32.1. The van der Waals surface area contributed by atoms with E-state index in [1.165, 1.54) is 4.88 Å². The third-order valence-electron chi connectivity index (χ3n) is 3.13. The van der Waals surface area contributed by atoms with E-state index in [-0.39, 0.29) is 5.91 Å². The molecule has 0 atom stereocenters. The fourth-order valence-corrected chi connectivity index (χ4v) is 2.74. The van der Waals surface area contributed by atoms with Gasteiger partial charge < -0.3 is 9.47 Å². The van der Waals surface area contributed by atoms with Gasteiger partial charge >= 0.3 is 0 Å². The number of anilines is 1. The van der Waals surface area contributed by atoms with E-state index in [1.54, 1.807) is 35.7 Å². The van der Waals surface area contributed by atoms with Crippen molar-refractivity contribution in [2.24, 2.45) is 0 Å². The largest absolute Gasteiger partial charge is 0.338 e. The van der Waals surface area contributed by atoms with E-state index in [9.17, 15) is 4.79 Å². The number of hydrogen-bond donors (Lipinski definition) is 1. The number of H-pyrrole nitrogens is 1. The second kappa shape index (κ2) is 5.34. The monoisotopic (exact) mass is 286 g/mol. The van der Waals surface area contributed by atoms with E-state index < -0.39 is 0 Å². The van der Waals surface area contributed by atoms with Gasteiger partial charge in [-0.2, -0.15) is 5.10 Å².